The van der Waals surface area contributed by atoms with Crippen LogP contribution in [0.15, 0.2) is 21.6 Å². The van der Waals surface area contributed by atoms with Gasteiger partial charge < -0.3 is 9.73 Å². The molecule has 2 N–H and O–H groups in total. The second-order valence-electron chi connectivity index (χ2n) is 6.84. The lowest BCUT2D eigenvalue weighted by Gasteiger charge is -2.38. The Labute approximate surface area is 121 Å². The molecule has 1 fully saturated rings. The van der Waals surface area contributed by atoms with Crippen LogP contribution >= 0.6 is 0 Å². The van der Waals surface area contributed by atoms with Gasteiger partial charge in [0.15, 0.2) is 0 Å². The van der Waals surface area contributed by atoms with Crippen LogP contribution < -0.4 is 10.0 Å². The van der Waals surface area contributed by atoms with E-state index >= 15 is 0 Å². The molecule has 20 heavy (non-hydrogen) atoms. The quantitative estimate of drug-likeness (QED) is 0.876. The summed E-state index contributed by atoms with van der Waals surface area (Å²) in [6.45, 7) is 8.58. The third-order valence-electron chi connectivity index (χ3n) is 3.53. The molecule has 2 rings (SSSR count). The summed E-state index contributed by atoms with van der Waals surface area (Å²) >= 11 is 0. The first-order valence-corrected chi connectivity index (χ1v) is 8.46. The molecule has 0 aromatic carbocycles. The van der Waals surface area contributed by atoms with Crippen molar-refractivity contribution in [1.82, 2.24) is 10.0 Å². The number of sulfonamides is 1. The molecular weight excluding hydrogens is 276 g/mol. The van der Waals surface area contributed by atoms with Crippen LogP contribution in [0.5, 0.6) is 0 Å². The average Bonchev–Trinajstić information content (AvgIpc) is 2.72. The first-order chi connectivity index (χ1) is 9.10. The fourth-order valence-corrected chi connectivity index (χ4v) is 3.55. The summed E-state index contributed by atoms with van der Waals surface area (Å²) in [4.78, 5) is 0. The van der Waals surface area contributed by atoms with Gasteiger partial charge in [0.2, 0.25) is 5.09 Å². The SMILES string of the molecule is CC(C)(C)NCc1ccc(S(=O)(=O)NC2(C)CCC2)o1. The van der Waals surface area contributed by atoms with Crippen LogP contribution in [0, 0.1) is 0 Å². The van der Waals surface area contributed by atoms with Crippen molar-refractivity contribution in [3.8, 4) is 0 Å². The van der Waals surface area contributed by atoms with E-state index in [0.717, 1.165) is 19.3 Å². The fraction of sp³-hybridized carbons (Fsp3) is 0.714. The lowest BCUT2D eigenvalue weighted by atomic mass is 9.80. The van der Waals surface area contributed by atoms with Gasteiger partial charge >= 0.3 is 0 Å². The third-order valence-corrected chi connectivity index (χ3v) is 5.04. The van der Waals surface area contributed by atoms with Crippen molar-refractivity contribution >= 4 is 10.0 Å². The standard InChI is InChI=1S/C14H24N2O3S/c1-13(2,3)15-10-11-6-7-12(19-11)20(17,18)16-14(4)8-5-9-14/h6-7,15-16H,5,8-10H2,1-4H3. The van der Waals surface area contributed by atoms with Gasteiger partial charge in [0.25, 0.3) is 10.0 Å². The molecule has 0 unspecified atom stereocenters. The molecule has 1 aromatic rings. The number of hydrogen-bond donors (Lipinski definition) is 2. The van der Waals surface area contributed by atoms with E-state index in [4.69, 9.17) is 4.42 Å². The molecule has 5 nitrogen and oxygen atoms in total. The minimum atomic E-state index is -3.56. The molecule has 1 aromatic heterocycles. The lowest BCUT2D eigenvalue weighted by molar-refractivity contribution is 0.245. The predicted molar refractivity (Wildman–Crippen MR) is 77.9 cm³/mol. The Hall–Kier alpha value is -0.850. The van der Waals surface area contributed by atoms with Crippen LogP contribution in [0.1, 0.15) is 52.7 Å². The molecule has 1 aliphatic carbocycles. The Morgan fingerprint density at radius 2 is 1.95 bits per heavy atom. The largest absolute Gasteiger partial charge is 0.447 e. The summed E-state index contributed by atoms with van der Waals surface area (Å²) in [5.41, 5.74) is -0.348. The first kappa shape index (κ1) is 15.5. The molecule has 1 aliphatic rings. The van der Waals surface area contributed by atoms with Crippen molar-refractivity contribution in [3.63, 3.8) is 0 Å². The molecular formula is C14H24N2O3S. The smallest absolute Gasteiger partial charge is 0.274 e. The highest BCUT2D eigenvalue weighted by Gasteiger charge is 2.37. The topological polar surface area (TPSA) is 71.3 Å². The highest BCUT2D eigenvalue weighted by atomic mass is 32.2. The summed E-state index contributed by atoms with van der Waals surface area (Å²) in [6.07, 6.45) is 2.83. The number of rotatable bonds is 5. The van der Waals surface area contributed by atoms with Gasteiger partial charge in [-0.05, 0) is 59.1 Å². The van der Waals surface area contributed by atoms with Gasteiger partial charge in [0.05, 0.1) is 6.54 Å². The molecule has 6 heteroatoms. The molecule has 0 radical (unpaired) electrons. The predicted octanol–water partition coefficient (Wildman–Crippen LogP) is 2.39. The minimum absolute atomic E-state index is 0.00339. The van der Waals surface area contributed by atoms with E-state index in [1.807, 2.05) is 27.7 Å². The lowest BCUT2D eigenvalue weighted by Crippen LogP contribution is -2.50. The van der Waals surface area contributed by atoms with E-state index in [9.17, 15) is 8.42 Å². The Morgan fingerprint density at radius 3 is 2.45 bits per heavy atom. The Morgan fingerprint density at radius 1 is 1.30 bits per heavy atom. The molecule has 0 atom stereocenters. The summed E-state index contributed by atoms with van der Waals surface area (Å²) in [7, 11) is -3.56. The number of hydrogen-bond acceptors (Lipinski definition) is 4. The average molecular weight is 300 g/mol. The maximum absolute atomic E-state index is 12.2. The van der Waals surface area contributed by atoms with Gasteiger partial charge in [-0.25, -0.2) is 13.1 Å². The van der Waals surface area contributed by atoms with Crippen molar-refractivity contribution in [3.05, 3.63) is 17.9 Å². The van der Waals surface area contributed by atoms with Crippen LogP contribution in [-0.2, 0) is 16.6 Å². The molecule has 0 spiro atoms. The molecule has 0 aliphatic heterocycles. The molecule has 1 saturated carbocycles. The van der Waals surface area contributed by atoms with Crippen LogP contribution in [0.2, 0.25) is 0 Å². The van der Waals surface area contributed by atoms with E-state index in [2.05, 4.69) is 10.0 Å². The van der Waals surface area contributed by atoms with Crippen molar-refractivity contribution in [2.45, 2.75) is 69.7 Å². The molecule has 0 saturated heterocycles. The Balaban J connectivity index is 2.04. The maximum atomic E-state index is 12.2. The van der Waals surface area contributed by atoms with E-state index in [-0.39, 0.29) is 16.2 Å². The number of nitrogens with one attached hydrogen (secondary N) is 2. The monoisotopic (exact) mass is 300 g/mol. The maximum Gasteiger partial charge on any atom is 0.274 e. The number of furan rings is 1. The van der Waals surface area contributed by atoms with Gasteiger partial charge in [-0.15, -0.1) is 0 Å². The summed E-state index contributed by atoms with van der Waals surface area (Å²) in [5, 5.41) is 3.26. The Bertz CT molecular complexity index is 565. The first-order valence-electron chi connectivity index (χ1n) is 6.97. The van der Waals surface area contributed by atoms with Crippen molar-refractivity contribution in [1.29, 1.82) is 0 Å². The van der Waals surface area contributed by atoms with Gasteiger partial charge in [-0.1, -0.05) is 0 Å². The normalized spacial score (nSPS) is 18.8. The second-order valence-corrected chi connectivity index (χ2v) is 8.46. The van der Waals surface area contributed by atoms with Crippen LogP contribution in [0.3, 0.4) is 0 Å². The van der Waals surface area contributed by atoms with E-state index < -0.39 is 10.0 Å². The van der Waals surface area contributed by atoms with Crippen LogP contribution in [-0.4, -0.2) is 19.5 Å². The second kappa shape index (κ2) is 5.16. The van der Waals surface area contributed by atoms with Crippen LogP contribution in [0.25, 0.3) is 0 Å². The highest BCUT2D eigenvalue weighted by molar-refractivity contribution is 7.89. The van der Waals surface area contributed by atoms with Gasteiger partial charge in [0.1, 0.15) is 5.76 Å². The minimum Gasteiger partial charge on any atom is -0.447 e. The molecule has 0 amide bonds. The zero-order chi connectivity index (χ0) is 15.0. The molecule has 0 bridgehead atoms. The summed E-state index contributed by atoms with van der Waals surface area (Å²) < 4.78 is 32.6. The van der Waals surface area contributed by atoms with Gasteiger partial charge in [0, 0.05) is 11.1 Å². The van der Waals surface area contributed by atoms with Crippen molar-refractivity contribution in [2.75, 3.05) is 0 Å². The zero-order valence-corrected chi connectivity index (χ0v) is 13.4. The third kappa shape index (κ3) is 3.84. The molecule has 114 valence electrons. The van der Waals surface area contributed by atoms with E-state index in [1.165, 1.54) is 6.07 Å². The van der Waals surface area contributed by atoms with Crippen LogP contribution in [0.4, 0.5) is 0 Å². The summed E-state index contributed by atoms with van der Waals surface area (Å²) in [6, 6.07) is 3.22. The fourth-order valence-electron chi connectivity index (χ4n) is 2.13. The van der Waals surface area contributed by atoms with Gasteiger partial charge in [-0.2, -0.15) is 0 Å². The van der Waals surface area contributed by atoms with Gasteiger partial charge in [-0.3, -0.25) is 0 Å². The van der Waals surface area contributed by atoms with Crippen molar-refractivity contribution < 1.29 is 12.8 Å². The highest BCUT2D eigenvalue weighted by Crippen LogP contribution is 2.32. The Kier molecular flexibility index (Phi) is 4.01. The van der Waals surface area contributed by atoms with E-state index in [1.54, 1.807) is 6.07 Å². The molecule has 1 heterocycles. The zero-order valence-electron chi connectivity index (χ0n) is 12.6. The van der Waals surface area contributed by atoms with Crippen molar-refractivity contribution in [2.24, 2.45) is 0 Å². The van der Waals surface area contributed by atoms with E-state index in [0.29, 0.717) is 12.3 Å². The summed E-state index contributed by atoms with van der Waals surface area (Å²) in [5.74, 6) is 0.624.